The van der Waals surface area contributed by atoms with Crippen molar-refractivity contribution < 1.29 is 9.84 Å². The summed E-state index contributed by atoms with van der Waals surface area (Å²) in [7, 11) is 0. The van der Waals surface area contributed by atoms with E-state index in [1.807, 2.05) is 0 Å². The maximum Gasteiger partial charge on any atom is 0.158 e. The summed E-state index contributed by atoms with van der Waals surface area (Å²) in [6.45, 7) is 0.434. The van der Waals surface area contributed by atoms with E-state index in [-0.39, 0.29) is 23.5 Å². The first-order chi connectivity index (χ1) is 6.12. The number of rotatable bonds is 1. The summed E-state index contributed by atoms with van der Waals surface area (Å²) < 4.78 is 4.89. The number of hydrogen-bond acceptors (Lipinski definition) is 4. The van der Waals surface area contributed by atoms with E-state index in [0.29, 0.717) is 5.56 Å². The van der Waals surface area contributed by atoms with Gasteiger partial charge in [0, 0.05) is 5.56 Å². The number of aliphatic hydroxyl groups is 1. The smallest absolute Gasteiger partial charge is 0.158 e. The van der Waals surface area contributed by atoms with Crippen LogP contribution in [0, 0.1) is 0 Å². The predicted octanol–water partition coefficient (Wildman–Crippen LogP) is 1.00. The van der Waals surface area contributed by atoms with Gasteiger partial charge in [-0.3, -0.25) is 0 Å². The van der Waals surface area contributed by atoms with Gasteiger partial charge in [-0.25, -0.2) is 0 Å². The van der Waals surface area contributed by atoms with Gasteiger partial charge in [-0.2, -0.15) is 0 Å². The standard InChI is InChI=1S/C7H6Cl2N2O2/c8-5-1-4(6(9)11-10-5)7(12)2-13-3-7/h1,12H,2-3H2. The van der Waals surface area contributed by atoms with Crippen LogP contribution in [0.25, 0.3) is 0 Å². The Labute approximate surface area is 84.4 Å². The zero-order valence-electron chi connectivity index (χ0n) is 6.50. The van der Waals surface area contributed by atoms with Gasteiger partial charge in [0.25, 0.3) is 0 Å². The molecule has 1 N–H and O–H groups in total. The molecule has 1 aliphatic heterocycles. The third-order valence-electron chi connectivity index (χ3n) is 1.90. The van der Waals surface area contributed by atoms with Crippen molar-refractivity contribution >= 4 is 23.2 Å². The summed E-state index contributed by atoms with van der Waals surface area (Å²) in [5.74, 6) is 0. The van der Waals surface area contributed by atoms with Crippen molar-refractivity contribution in [2.24, 2.45) is 0 Å². The highest BCUT2D eigenvalue weighted by atomic mass is 35.5. The molecule has 6 heteroatoms. The zero-order valence-corrected chi connectivity index (χ0v) is 8.01. The summed E-state index contributed by atoms with van der Waals surface area (Å²) >= 11 is 11.4. The van der Waals surface area contributed by atoms with Crippen LogP contribution < -0.4 is 0 Å². The fourth-order valence-corrected chi connectivity index (χ4v) is 1.55. The first-order valence-electron chi connectivity index (χ1n) is 3.61. The molecule has 0 amide bonds. The molecule has 2 rings (SSSR count). The number of aromatic nitrogens is 2. The monoisotopic (exact) mass is 220 g/mol. The minimum Gasteiger partial charge on any atom is -0.380 e. The lowest BCUT2D eigenvalue weighted by Crippen LogP contribution is -2.46. The Hall–Kier alpha value is -0.420. The Kier molecular flexibility index (Phi) is 2.15. The molecule has 1 aromatic heterocycles. The molecule has 13 heavy (non-hydrogen) atoms. The lowest BCUT2D eigenvalue weighted by atomic mass is 9.94. The van der Waals surface area contributed by atoms with Crippen LogP contribution in [0.15, 0.2) is 6.07 Å². The second kappa shape index (κ2) is 3.06. The minimum absolute atomic E-state index is 0.162. The third kappa shape index (κ3) is 1.50. The molecule has 0 radical (unpaired) electrons. The van der Waals surface area contributed by atoms with Crippen LogP contribution in [-0.4, -0.2) is 28.5 Å². The molecule has 0 bridgehead atoms. The van der Waals surface area contributed by atoms with Crippen LogP contribution in [0.3, 0.4) is 0 Å². The molecule has 0 aliphatic carbocycles. The van der Waals surface area contributed by atoms with Crippen molar-refractivity contribution in [1.29, 1.82) is 0 Å². The first kappa shape index (κ1) is 9.15. The van der Waals surface area contributed by atoms with Gasteiger partial charge in [0.05, 0.1) is 13.2 Å². The van der Waals surface area contributed by atoms with Gasteiger partial charge in [-0.05, 0) is 6.07 Å². The zero-order chi connectivity index (χ0) is 9.47. The SMILES string of the molecule is OC1(c2cc(Cl)nnc2Cl)COC1. The Morgan fingerprint density at radius 3 is 2.62 bits per heavy atom. The fraction of sp³-hybridized carbons (Fsp3) is 0.429. The van der Waals surface area contributed by atoms with Crippen molar-refractivity contribution in [3.8, 4) is 0 Å². The molecule has 1 fully saturated rings. The van der Waals surface area contributed by atoms with Gasteiger partial charge >= 0.3 is 0 Å². The van der Waals surface area contributed by atoms with Gasteiger partial charge in [0.15, 0.2) is 10.3 Å². The normalized spacial score (nSPS) is 19.6. The number of ether oxygens (including phenoxy) is 1. The fourth-order valence-electron chi connectivity index (χ4n) is 1.13. The van der Waals surface area contributed by atoms with Crippen molar-refractivity contribution in [3.05, 3.63) is 21.9 Å². The minimum atomic E-state index is -1.04. The van der Waals surface area contributed by atoms with E-state index in [0.717, 1.165) is 0 Å². The highest BCUT2D eigenvalue weighted by Gasteiger charge is 2.40. The molecular formula is C7H6Cl2N2O2. The van der Waals surface area contributed by atoms with Crippen LogP contribution in [-0.2, 0) is 10.3 Å². The lowest BCUT2D eigenvalue weighted by Gasteiger charge is -2.36. The molecule has 0 unspecified atom stereocenters. The van der Waals surface area contributed by atoms with Crippen molar-refractivity contribution in [2.45, 2.75) is 5.60 Å². The second-order valence-corrected chi connectivity index (χ2v) is 3.64. The highest BCUT2D eigenvalue weighted by molar-refractivity contribution is 6.31. The molecule has 0 saturated carbocycles. The average Bonchev–Trinajstić information content (AvgIpc) is 2.05. The molecule has 2 heterocycles. The van der Waals surface area contributed by atoms with Crippen molar-refractivity contribution in [3.63, 3.8) is 0 Å². The molecule has 0 aromatic carbocycles. The van der Waals surface area contributed by atoms with E-state index < -0.39 is 5.60 Å². The van der Waals surface area contributed by atoms with Gasteiger partial charge in [-0.15, -0.1) is 10.2 Å². The Morgan fingerprint density at radius 1 is 1.38 bits per heavy atom. The van der Waals surface area contributed by atoms with Crippen LogP contribution in [0.2, 0.25) is 10.3 Å². The van der Waals surface area contributed by atoms with E-state index in [1.54, 1.807) is 0 Å². The maximum absolute atomic E-state index is 9.85. The Balaban J connectivity index is 2.43. The van der Waals surface area contributed by atoms with Crippen molar-refractivity contribution in [2.75, 3.05) is 13.2 Å². The third-order valence-corrected chi connectivity index (χ3v) is 2.37. The molecule has 1 saturated heterocycles. The molecule has 4 nitrogen and oxygen atoms in total. The molecule has 1 aliphatic rings. The summed E-state index contributed by atoms with van der Waals surface area (Å²) in [6, 6.07) is 1.50. The summed E-state index contributed by atoms with van der Waals surface area (Å²) in [5.41, 5.74) is -0.572. The van der Waals surface area contributed by atoms with E-state index in [1.165, 1.54) is 6.07 Å². The van der Waals surface area contributed by atoms with Crippen LogP contribution in [0.5, 0.6) is 0 Å². The van der Waals surface area contributed by atoms with E-state index in [4.69, 9.17) is 27.9 Å². The van der Waals surface area contributed by atoms with E-state index >= 15 is 0 Å². The summed E-state index contributed by atoms with van der Waals surface area (Å²) in [4.78, 5) is 0. The Bertz CT molecular complexity index is 341. The van der Waals surface area contributed by atoms with Gasteiger partial charge < -0.3 is 9.84 Å². The molecular weight excluding hydrogens is 215 g/mol. The molecule has 0 atom stereocenters. The van der Waals surface area contributed by atoms with Crippen LogP contribution >= 0.6 is 23.2 Å². The summed E-state index contributed by atoms with van der Waals surface area (Å²) in [5, 5.41) is 17.4. The first-order valence-corrected chi connectivity index (χ1v) is 4.37. The van der Waals surface area contributed by atoms with Crippen molar-refractivity contribution in [1.82, 2.24) is 10.2 Å². The Morgan fingerprint density at radius 2 is 2.08 bits per heavy atom. The lowest BCUT2D eigenvalue weighted by molar-refractivity contribution is -0.184. The molecule has 70 valence electrons. The van der Waals surface area contributed by atoms with Crippen LogP contribution in [0.4, 0.5) is 0 Å². The van der Waals surface area contributed by atoms with Gasteiger partial charge in [-0.1, -0.05) is 23.2 Å². The quantitative estimate of drug-likeness (QED) is 0.768. The highest BCUT2D eigenvalue weighted by Crippen LogP contribution is 2.33. The number of hydrogen-bond donors (Lipinski definition) is 1. The van der Waals surface area contributed by atoms with Gasteiger partial charge in [0.1, 0.15) is 5.60 Å². The average molecular weight is 221 g/mol. The molecule has 0 spiro atoms. The predicted molar refractivity (Wildman–Crippen MR) is 46.8 cm³/mol. The largest absolute Gasteiger partial charge is 0.380 e. The summed E-state index contributed by atoms with van der Waals surface area (Å²) in [6.07, 6.45) is 0. The second-order valence-electron chi connectivity index (χ2n) is 2.90. The van der Waals surface area contributed by atoms with Crippen LogP contribution in [0.1, 0.15) is 5.56 Å². The van der Waals surface area contributed by atoms with Gasteiger partial charge in [0.2, 0.25) is 0 Å². The number of halogens is 2. The topological polar surface area (TPSA) is 55.2 Å². The van der Waals surface area contributed by atoms with E-state index in [2.05, 4.69) is 10.2 Å². The maximum atomic E-state index is 9.85. The van der Waals surface area contributed by atoms with E-state index in [9.17, 15) is 5.11 Å². The number of nitrogens with zero attached hydrogens (tertiary/aromatic N) is 2. The molecule has 1 aromatic rings.